The van der Waals surface area contributed by atoms with Crippen molar-refractivity contribution in [1.82, 2.24) is 10.6 Å². The van der Waals surface area contributed by atoms with Crippen molar-refractivity contribution in [2.45, 2.75) is 52.6 Å². The SMILES string of the molecule is CCCC(=O)NCC(=O)NCC(C)(O)C(C)CC. The van der Waals surface area contributed by atoms with E-state index in [9.17, 15) is 14.7 Å². The first kappa shape index (κ1) is 16.9. The van der Waals surface area contributed by atoms with Crippen molar-refractivity contribution in [1.29, 1.82) is 0 Å². The molecule has 0 saturated heterocycles. The molecule has 2 unspecified atom stereocenters. The van der Waals surface area contributed by atoms with Gasteiger partial charge in [-0.1, -0.05) is 27.2 Å². The predicted octanol–water partition coefficient (Wildman–Crippen LogP) is 0.816. The average Bonchev–Trinajstić information content (AvgIpc) is 2.33. The van der Waals surface area contributed by atoms with Crippen molar-refractivity contribution in [3.8, 4) is 0 Å². The number of aliphatic hydroxyl groups is 1. The van der Waals surface area contributed by atoms with Crippen molar-refractivity contribution in [3.63, 3.8) is 0 Å². The molecule has 0 aliphatic rings. The van der Waals surface area contributed by atoms with E-state index in [0.29, 0.717) is 6.42 Å². The summed E-state index contributed by atoms with van der Waals surface area (Å²) in [5.41, 5.74) is -0.919. The number of carbonyl (C=O) groups is 2. The van der Waals surface area contributed by atoms with Crippen molar-refractivity contribution in [3.05, 3.63) is 0 Å². The predicted molar refractivity (Wildman–Crippen MR) is 71.0 cm³/mol. The molecule has 0 aliphatic carbocycles. The summed E-state index contributed by atoms with van der Waals surface area (Å²) in [6.45, 7) is 7.71. The van der Waals surface area contributed by atoms with Crippen LogP contribution in [0.4, 0.5) is 0 Å². The summed E-state index contributed by atoms with van der Waals surface area (Å²) in [5, 5.41) is 15.3. The molecule has 0 fully saturated rings. The van der Waals surface area contributed by atoms with Gasteiger partial charge in [-0.3, -0.25) is 9.59 Å². The van der Waals surface area contributed by atoms with Crippen LogP contribution in [-0.4, -0.2) is 35.6 Å². The molecule has 0 saturated carbocycles. The summed E-state index contributed by atoms with van der Waals surface area (Å²) in [6.07, 6.45) is 2.03. The molecule has 5 nitrogen and oxygen atoms in total. The lowest BCUT2D eigenvalue weighted by atomic mass is 9.89. The highest BCUT2D eigenvalue weighted by Gasteiger charge is 2.27. The molecule has 2 amide bonds. The molecule has 0 aromatic heterocycles. The van der Waals surface area contributed by atoms with Crippen LogP contribution in [-0.2, 0) is 9.59 Å². The van der Waals surface area contributed by atoms with Crippen LogP contribution in [0.3, 0.4) is 0 Å². The Labute approximate surface area is 109 Å². The van der Waals surface area contributed by atoms with Gasteiger partial charge < -0.3 is 15.7 Å². The molecule has 18 heavy (non-hydrogen) atoms. The molecule has 3 N–H and O–H groups in total. The summed E-state index contributed by atoms with van der Waals surface area (Å²) < 4.78 is 0. The first-order chi connectivity index (χ1) is 8.33. The van der Waals surface area contributed by atoms with E-state index in [1.54, 1.807) is 6.92 Å². The molecular formula is C13H26N2O3. The first-order valence-corrected chi connectivity index (χ1v) is 6.59. The van der Waals surface area contributed by atoms with E-state index in [2.05, 4.69) is 10.6 Å². The molecule has 0 spiro atoms. The van der Waals surface area contributed by atoms with Crippen LogP contribution in [0, 0.1) is 5.92 Å². The Bertz CT molecular complexity index is 277. The highest BCUT2D eigenvalue weighted by Crippen LogP contribution is 2.18. The zero-order chi connectivity index (χ0) is 14.2. The molecule has 0 aliphatic heterocycles. The average molecular weight is 258 g/mol. The second kappa shape index (κ2) is 8.08. The van der Waals surface area contributed by atoms with Crippen molar-refractivity contribution >= 4 is 11.8 Å². The van der Waals surface area contributed by atoms with Crippen LogP contribution in [0.15, 0.2) is 0 Å². The van der Waals surface area contributed by atoms with Crippen molar-refractivity contribution < 1.29 is 14.7 Å². The quantitative estimate of drug-likeness (QED) is 0.603. The monoisotopic (exact) mass is 258 g/mol. The van der Waals surface area contributed by atoms with Crippen molar-refractivity contribution in [2.24, 2.45) is 5.92 Å². The van der Waals surface area contributed by atoms with E-state index in [4.69, 9.17) is 0 Å². The number of rotatable bonds is 8. The van der Waals surface area contributed by atoms with E-state index in [-0.39, 0.29) is 30.8 Å². The lowest BCUT2D eigenvalue weighted by Gasteiger charge is -2.29. The third kappa shape index (κ3) is 6.59. The standard InChI is InChI=1S/C13H26N2O3/c1-5-7-11(16)14-8-12(17)15-9-13(4,18)10(3)6-2/h10,18H,5-9H2,1-4H3,(H,14,16)(H,15,17). The smallest absolute Gasteiger partial charge is 0.239 e. The van der Waals surface area contributed by atoms with Gasteiger partial charge >= 0.3 is 0 Å². The fourth-order valence-electron chi connectivity index (χ4n) is 1.45. The number of hydrogen-bond acceptors (Lipinski definition) is 3. The van der Waals surface area contributed by atoms with Gasteiger partial charge in [-0.25, -0.2) is 0 Å². The first-order valence-electron chi connectivity index (χ1n) is 6.59. The van der Waals surface area contributed by atoms with Crippen LogP contribution in [0.25, 0.3) is 0 Å². The molecule has 0 heterocycles. The third-order valence-electron chi connectivity index (χ3n) is 3.24. The Morgan fingerprint density at radius 1 is 1.22 bits per heavy atom. The van der Waals surface area contributed by atoms with Gasteiger partial charge in [0, 0.05) is 13.0 Å². The minimum absolute atomic E-state index is 0.0323. The van der Waals surface area contributed by atoms with E-state index >= 15 is 0 Å². The summed E-state index contributed by atoms with van der Waals surface area (Å²) in [5.74, 6) is -0.295. The lowest BCUT2D eigenvalue weighted by molar-refractivity contribution is -0.126. The molecule has 0 radical (unpaired) electrons. The molecule has 0 aromatic carbocycles. The third-order valence-corrected chi connectivity index (χ3v) is 3.24. The maximum absolute atomic E-state index is 11.5. The highest BCUT2D eigenvalue weighted by atomic mass is 16.3. The topological polar surface area (TPSA) is 78.4 Å². The minimum atomic E-state index is -0.919. The Kier molecular flexibility index (Phi) is 7.59. The maximum Gasteiger partial charge on any atom is 0.239 e. The largest absolute Gasteiger partial charge is 0.388 e. The van der Waals surface area contributed by atoms with E-state index in [0.717, 1.165) is 12.8 Å². The molecule has 0 bridgehead atoms. The molecule has 5 heteroatoms. The van der Waals surface area contributed by atoms with Gasteiger partial charge in [-0.2, -0.15) is 0 Å². The van der Waals surface area contributed by atoms with Crippen LogP contribution >= 0.6 is 0 Å². The zero-order valence-corrected chi connectivity index (χ0v) is 11.9. The highest BCUT2D eigenvalue weighted by molar-refractivity contribution is 5.84. The van der Waals surface area contributed by atoms with Crippen LogP contribution in [0.1, 0.15) is 47.0 Å². The maximum atomic E-state index is 11.5. The summed E-state index contributed by atoms with van der Waals surface area (Å²) in [4.78, 5) is 22.6. The Morgan fingerprint density at radius 3 is 2.33 bits per heavy atom. The molecule has 0 aromatic rings. The summed E-state index contributed by atoms with van der Waals surface area (Å²) in [7, 11) is 0. The van der Waals surface area contributed by atoms with Gasteiger partial charge in [0.15, 0.2) is 0 Å². The van der Waals surface area contributed by atoms with Gasteiger partial charge in [0.1, 0.15) is 0 Å². The Morgan fingerprint density at radius 2 is 1.83 bits per heavy atom. The van der Waals surface area contributed by atoms with Crippen LogP contribution in [0.5, 0.6) is 0 Å². The fourth-order valence-corrected chi connectivity index (χ4v) is 1.45. The molecule has 106 valence electrons. The normalized spacial score (nSPS) is 15.6. The van der Waals surface area contributed by atoms with E-state index in [1.165, 1.54) is 0 Å². The van der Waals surface area contributed by atoms with Crippen LogP contribution < -0.4 is 10.6 Å². The summed E-state index contributed by atoms with van der Waals surface area (Å²) in [6, 6.07) is 0. The van der Waals surface area contributed by atoms with Gasteiger partial charge in [-0.05, 0) is 19.3 Å². The van der Waals surface area contributed by atoms with Gasteiger partial charge in [-0.15, -0.1) is 0 Å². The second-order valence-corrected chi connectivity index (χ2v) is 4.97. The Balaban J connectivity index is 3.93. The Hall–Kier alpha value is -1.10. The van der Waals surface area contributed by atoms with E-state index < -0.39 is 5.60 Å². The van der Waals surface area contributed by atoms with E-state index in [1.807, 2.05) is 20.8 Å². The molecule has 2 atom stereocenters. The minimum Gasteiger partial charge on any atom is -0.388 e. The van der Waals surface area contributed by atoms with Gasteiger partial charge in [0.05, 0.1) is 12.1 Å². The lowest BCUT2D eigenvalue weighted by Crippen LogP contribution is -2.47. The van der Waals surface area contributed by atoms with Gasteiger partial charge in [0.2, 0.25) is 11.8 Å². The summed E-state index contributed by atoms with van der Waals surface area (Å²) >= 11 is 0. The van der Waals surface area contributed by atoms with Gasteiger partial charge in [0.25, 0.3) is 0 Å². The number of carbonyl (C=O) groups excluding carboxylic acids is 2. The molecular weight excluding hydrogens is 232 g/mol. The zero-order valence-electron chi connectivity index (χ0n) is 11.9. The van der Waals surface area contributed by atoms with Crippen LogP contribution in [0.2, 0.25) is 0 Å². The molecule has 0 rings (SSSR count). The fraction of sp³-hybridized carbons (Fsp3) is 0.846. The van der Waals surface area contributed by atoms with Crippen molar-refractivity contribution in [2.75, 3.05) is 13.1 Å². The second-order valence-electron chi connectivity index (χ2n) is 4.97. The number of nitrogens with one attached hydrogen (secondary N) is 2. The number of hydrogen-bond donors (Lipinski definition) is 3. The number of amides is 2.